The number of nitrogens with one attached hydrogen (secondary N) is 1. The zero-order valence-corrected chi connectivity index (χ0v) is 11.7. The highest BCUT2D eigenvalue weighted by Gasteiger charge is 2.15. The van der Waals surface area contributed by atoms with Gasteiger partial charge in [0, 0.05) is 16.6 Å². The molecule has 0 aliphatic rings. The van der Waals surface area contributed by atoms with Crippen LogP contribution in [0.4, 0.5) is 5.69 Å². The molecule has 0 saturated carbocycles. The van der Waals surface area contributed by atoms with Crippen LogP contribution in [0.1, 0.15) is 12.7 Å². The van der Waals surface area contributed by atoms with Crippen molar-refractivity contribution in [1.82, 2.24) is 25.5 Å². The molecule has 0 aliphatic carbocycles. The number of benzene rings is 1. The minimum absolute atomic E-state index is 0.0110. The molecule has 0 bridgehead atoms. The number of hydrogen-bond acceptors (Lipinski definition) is 6. The molecule has 1 heterocycles. The number of rotatable bonds is 5. The minimum atomic E-state index is -0.454. The second-order valence-electron chi connectivity index (χ2n) is 3.68. The molecule has 1 aromatic carbocycles. The molecule has 2 aromatic rings. The van der Waals surface area contributed by atoms with Crippen molar-refractivity contribution in [2.45, 2.75) is 13.5 Å². The smallest absolute Gasteiger partial charge is 0.271 e. The lowest BCUT2D eigenvalue weighted by molar-refractivity contribution is -0.384. The van der Waals surface area contributed by atoms with Crippen LogP contribution >= 0.6 is 15.9 Å². The van der Waals surface area contributed by atoms with Crippen molar-refractivity contribution in [1.29, 1.82) is 0 Å². The largest absolute Gasteiger partial charge is 0.310 e. The highest BCUT2D eigenvalue weighted by Crippen LogP contribution is 2.25. The van der Waals surface area contributed by atoms with Gasteiger partial charge in [0.25, 0.3) is 5.69 Å². The summed E-state index contributed by atoms with van der Waals surface area (Å²) in [6.45, 7) is 3.24. The van der Waals surface area contributed by atoms with Crippen molar-refractivity contribution in [3.8, 4) is 5.69 Å². The highest BCUT2D eigenvalue weighted by molar-refractivity contribution is 9.10. The van der Waals surface area contributed by atoms with Gasteiger partial charge in [0.15, 0.2) is 5.82 Å². The normalized spacial score (nSPS) is 10.6. The number of hydrogen-bond donors (Lipinski definition) is 1. The Morgan fingerprint density at radius 1 is 1.53 bits per heavy atom. The number of nitrogens with zero attached hydrogens (tertiary/aromatic N) is 5. The fraction of sp³-hybridized carbons (Fsp3) is 0.300. The summed E-state index contributed by atoms with van der Waals surface area (Å²) < 4.78 is 2.16. The van der Waals surface area contributed by atoms with Crippen molar-refractivity contribution in [2.75, 3.05) is 6.54 Å². The Morgan fingerprint density at radius 3 is 3.00 bits per heavy atom. The Hall–Kier alpha value is -1.87. The van der Waals surface area contributed by atoms with Crippen LogP contribution < -0.4 is 5.32 Å². The topological polar surface area (TPSA) is 98.8 Å². The van der Waals surface area contributed by atoms with Gasteiger partial charge in [-0.1, -0.05) is 6.92 Å². The van der Waals surface area contributed by atoms with E-state index < -0.39 is 4.92 Å². The standard InChI is InChI=1S/C10H11BrN6O2/c1-2-12-6-10-13-14-15-16(10)9-5-7(17(18)19)3-4-8(9)11/h3-5,12H,2,6H2,1H3. The molecule has 0 spiro atoms. The van der Waals surface area contributed by atoms with Crippen molar-refractivity contribution >= 4 is 21.6 Å². The molecule has 1 N–H and O–H groups in total. The zero-order valence-electron chi connectivity index (χ0n) is 10.1. The quantitative estimate of drug-likeness (QED) is 0.659. The van der Waals surface area contributed by atoms with E-state index in [0.29, 0.717) is 22.5 Å². The molecule has 9 heteroatoms. The number of halogens is 1. The van der Waals surface area contributed by atoms with E-state index in [1.165, 1.54) is 16.8 Å². The van der Waals surface area contributed by atoms with E-state index in [2.05, 4.69) is 36.8 Å². The molecule has 0 aliphatic heterocycles. The van der Waals surface area contributed by atoms with E-state index in [1.807, 2.05) is 6.92 Å². The van der Waals surface area contributed by atoms with Crippen LogP contribution in [-0.2, 0) is 6.54 Å². The summed E-state index contributed by atoms with van der Waals surface area (Å²) in [5.41, 5.74) is 0.523. The summed E-state index contributed by atoms with van der Waals surface area (Å²) in [6.07, 6.45) is 0. The maximum Gasteiger partial charge on any atom is 0.271 e. The van der Waals surface area contributed by atoms with Gasteiger partial charge in [-0.15, -0.1) is 5.10 Å². The average molecular weight is 327 g/mol. The fourth-order valence-electron chi connectivity index (χ4n) is 1.52. The van der Waals surface area contributed by atoms with Gasteiger partial charge in [-0.05, 0) is 39.0 Å². The van der Waals surface area contributed by atoms with Crippen LogP contribution in [0, 0.1) is 10.1 Å². The van der Waals surface area contributed by atoms with E-state index >= 15 is 0 Å². The van der Waals surface area contributed by atoms with E-state index in [4.69, 9.17) is 0 Å². The van der Waals surface area contributed by atoms with Crippen molar-refractivity contribution in [2.24, 2.45) is 0 Å². The first kappa shape index (κ1) is 13.6. The van der Waals surface area contributed by atoms with Gasteiger partial charge in [0.2, 0.25) is 0 Å². The predicted octanol–water partition coefficient (Wildman–Crippen LogP) is 1.44. The Kier molecular flexibility index (Phi) is 4.17. The zero-order chi connectivity index (χ0) is 13.8. The van der Waals surface area contributed by atoms with Gasteiger partial charge < -0.3 is 5.32 Å². The summed E-state index contributed by atoms with van der Waals surface area (Å²) >= 11 is 3.34. The molecular weight excluding hydrogens is 316 g/mol. The summed E-state index contributed by atoms with van der Waals surface area (Å²) in [4.78, 5) is 10.4. The van der Waals surface area contributed by atoms with Crippen LogP contribution in [0.5, 0.6) is 0 Å². The lowest BCUT2D eigenvalue weighted by Gasteiger charge is -2.06. The van der Waals surface area contributed by atoms with Crippen molar-refractivity contribution in [3.63, 3.8) is 0 Å². The van der Waals surface area contributed by atoms with E-state index in [-0.39, 0.29) is 5.69 Å². The maximum absolute atomic E-state index is 10.8. The Morgan fingerprint density at radius 2 is 2.32 bits per heavy atom. The van der Waals surface area contributed by atoms with Gasteiger partial charge in [0.05, 0.1) is 17.2 Å². The first-order chi connectivity index (χ1) is 9.13. The third-order valence-electron chi connectivity index (χ3n) is 2.44. The Bertz CT molecular complexity index is 599. The summed E-state index contributed by atoms with van der Waals surface area (Å²) in [6, 6.07) is 4.45. The average Bonchev–Trinajstić information content (AvgIpc) is 2.84. The fourth-order valence-corrected chi connectivity index (χ4v) is 1.93. The second-order valence-corrected chi connectivity index (χ2v) is 4.53. The van der Waals surface area contributed by atoms with E-state index in [9.17, 15) is 10.1 Å². The molecule has 100 valence electrons. The molecule has 0 radical (unpaired) electrons. The van der Waals surface area contributed by atoms with Gasteiger partial charge in [-0.25, -0.2) is 0 Å². The maximum atomic E-state index is 10.8. The van der Waals surface area contributed by atoms with Crippen LogP contribution in [0.15, 0.2) is 22.7 Å². The minimum Gasteiger partial charge on any atom is -0.310 e. The van der Waals surface area contributed by atoms with Crippen LogP contribution in [0.3, 0.4) is 0 Å². The van der Waals surface area contributed by atoms with Crippen LogP contribution in [-0.4, -0.2) is 31.7 Å². The molecule has 0 atom stereocenters. The first-order valence-electron chi connectivity index (χ1n) is 5.55. The van der Waals surface area contributed by atoms with Gasteiger partial charge >= 0.3 is 0 Å². The number of nitro benzene ring substituents is 1. The lowest BCUT2D eigenvalue weighted by atomic mass is 10.3. The summed E-state index contributed by atoms with van der Waals surface area (Å²) in [5.74, 6) is 0.586. The third-order valence-corrected chi connectivity index (χ3v) is 3.11. The van der Waals surface area contributed by atoms with Crippen molar-refractivity contribution in [3.05, 3.63) is 38.6 Å². The highest BCUT2D eigenvalue weighted by atomic mass is 79.9. The van der Waals surface area contributed by atoms with Gasteiger partial charge in [-0.3, -0.25) is 10.1 Å². The van der Waals surface area contributed by atoms with E-state index in [1.54, 1.807) is 6.07 Å². The predicted molar refractivity (Wildman–Crippen MR) is 70.9 cm³/mol. The molecule has 1 aromatic heterocycles. The molecule has 0 unspecified atom stereocenters. The molecule has 19 heavy (non-hydrogen) atoms. The van der Waals surface area contributed by atoms with Crippen molar-refractivity contribution < 1.29 is 4.92 Å². The molecular formula is C10H11BrN6O2. The molecule has 0 fully saturated rings. The monoisotopic (exact) mass is 326 g/mol. The lowest BCUT2D eigenvalue weighted by Crippen LogP contribution is -2.16. The van der Waals surface area contributed by atoms with Gasteiger partial charge in [0.1, 0.15) is 0 Å². The molecule has 0 saturated heterocycles. The molecule has 2 rings (SSSR count). The second kappa shape index (κ2) is 5.85. The summed E-state index contributed by atoms with van der Waals surface area (Å²) in [5, 5.41) is 25.3. The van der Waals surface area contributed by atoms with Gasteiger partial charge in [-0.2, -0.15) is 4.68 Å². The summed E-state index contributed by atoms with van der Waals surface area (Å²) in [7, 11) is 0. The Labute approximate surface area is 117 Å². The Balaban J connectivity index is 2.43. The molecule has 0 amide bonds. The number of aromatic nitrogens is 4. The van der Waals surface area contributed by atoms with E-state index in [0.717, 1.165) is 6.54 Å². The first-order valence-corrected chi connectivity index (χ1v) is 6.35. The number of non-ortho nitro benzene ring substituents is 1. The number of tetrazole rings is 1. The van der Waals surface area contributed by atoms with Crippen LogP contribution in [0.2, 0.25) is 0 Å². The third kappa shape index (κ3) is 2.93. The SMILES string of the molecule is CCNCc1nnnn1-c1cc([N+](=O)[O-])ccc1Br. The number of nitro groups is 1. The molecule has 8 nitrogen and oxygen atoms in total. The van der Waals surface area contributed by atoms with Crippen LogP contribution in [0.25, 0.3) is 5.69 Å².